The standard InChI is InChI=1S/C21H19FN4O2/c1-12-10-15(22)5-7-17(12)25-11-26(18-8-9-19(27)24-14(18)3)21(28)16-6-4-13(2)23-20(16)25/h4-10H,11H2,1-3H3,(H,24,27). The zero-order valence-electron chi connectivity index (χ0n) is 15.8. The monoisotopic (exact) mass is 378 g/mol. The van der Waals surface area contributed by atoms with Crippen LogP contribution in [0.15, 0.2) is 47.3 Å². The highest BCUT2D eigenvalue weighted by Gasteiger charge is 2.33. The van der Waals surface area contributed by atoms with Crippen molar-refractivity contribution in [3.63, 3.8) is 0 Å². The molecule has 2 aromatic heterocycles. The third-order valence-corrected chi connectivity index (χ3v) is 4.86. The lowest BCUT2D eigenvalue weighted by Crippen LogP contribution is -2.46. The zero-order valence-corrected chi connectivity index (χ0v) is 15.8. The van der Waals surface area contributed by atoms with Gasteiger partial charge in [0.25, 0.3) is 5.91 Å². The minimum Gasteiger partial charge on any atom is -0.324 e. The highest BCUT2D eigenvalue weighted by Crippen LogP contribution is 2.36. The summed E-state index contributed by atoms with van der Waals surface area (Å²) < 4.78 is 13.6. The molecule has 3 aromatic rings. The molecular formula is C21H19FN4O2. The maximum Gasteiger partial charge on any atom is 0.263 e. The number of carbonyl (C=O) groups excluding carboxylic acids is 1. The Morgan fingerprint density at radius 2 is 1.71 bits per heavy atom. The van der Waals surface area contributed by atoms with E-state index < -0.39 is 0 Å². The fourth-order valence-corrected chi connectivity index (χ4v) is 3.49. The number of hydrogen-bond donors (Lipinski definition) is 1. The van der Waals surface area contributed by atoms with Crippen molar-refractivity contribution in [2.24, 2.45) is 0 Å². The van der Waals surface area contributed by atoms with Gasteiger partial charge in [-0.2, -0.15) is 0 Å². The molecular weight excluding hydrogens is 359 g/mol. The number of carbonyl (C=O) groups is 1. The van der Waals surface area contributed by atoms with Crippen molar-refractivity contribution >= 4 is 23.1 Å². The first-order valence-corrected chi connectivity index (χ1v) is 8.88. The van der Waals surface area contributed by atoms with Gasteiger partial charge in [0, 0.05) is 23.1 Å². The molecule has 0 atom stereocenters. The molecule has 6 nitrogen and oxygen atoms in total. The van der Waals surface area contributed by atoms with Gasteiger partial charge >= 0.3 is 0 Å². The maximum atomic E-state index is 13.6. The minimum absolute atomic E-state index is 0.196. The number of benzene rings is 1. The molecule has 3 heterocycles. The predicted octanol–water partition coefficient (Wildman–Crippen LogP) is 3.59. The van der Waals surface area contributed by atoms with Crippen molar-refractivity contribution in [3.8, 4) is 0 Å². The van der Waals surface area contributed by atoms with Crippen LogP contribution in [-0.4, -0.2) is 22.5 Å². The topological polar surface area (TPSA) is 69.3 Å². The summed E-state index contributed by atoms with van der Waals surface area (Å²) in [5.74, 6) is 0.0202. The van der Waals surface area contributed by atoms with E-state index in [1.54, 1.807) is 36.1 Å². The number of nitrogens with one attached hydrogen (secondary N) is 1. The van der Waals surface area contributed by atoms with E-state index in [4.69, 9.17) is 0 Å². The van der Waals surface area contributed by atoms with Gasteiger partial charge in [0.2, 0.25) is 5.56 Å². The number of nitrogens with zero attached hydrogens (tertiary/aromatic N) is 3. The van der Waals surface area contributed by atoms with Crippen LogP contribution in [-0.2, 0) is 0 Å². The Balaban J connectivity index is 1.90. The van der Waals surface area contributed by atoms with Gasteiger partial charge in [-0.15, -0.1) is 0 Å². The number of H-pyrrole nitrogens is 1. The van der Waals surface area contributed by atoms with Gasteiger partial charge in [-0.1, -0.05) is 0 Å². The molecule has 0 unspecified atom stereocenters. The van der Waals surface area contributed by atoms with Crippen LogP contribution in [0.3, 0.4) is 0 Å². The van der Waals surface area contributed by atoms with Gasteiger partial charge in [0.1, 0.15) is 18.3 Å². The number of aromatic amines is 1. The van der Waals surface area contributed by atoms with Crippen LogP contribution in [0, 0.1) is 26.6 Å². The molecule has 0 spiro atoms. The summed E-state index contributed by atoms with van der Waals surface area (Å²) in [6, 6.07) is 11.1. The number of amides is 1. The van der Waals surface area contributed by atoms with E-state index in [1.807, 2.05) is 18.7 Å². The number of hydrogen-bond acceptors (Lipinski definition) is 4. The number of fused-ring (bicyclic) bond motifs is 1. The highest BCUT2D eigenvalue weighted by molar-refractivity contribution is 6.12. The summed E-state index contributed by atoms with van der Waals surface area (Å²) in [6.45, 7) is 5.63. The fraction of sp³-hybridized carbons (Fsp3) is 0.190. The zero-order chi connectivity index (χ0) is 20.0. The van der Waals surface area contributed by atoms with Gasteiger partial charge in [-0.3, -0.25) is 14.5 Å². The normalized spacial score (nSPS) is 13.6. The average molecular weight is 378 g/mol. The summed E-state index contributed by atoms with van der Waals surface area (Å²) in [5.41, 5.74) is 3.72. The molecule has 1 aromatic carbocycles. The van der Waals surface area contributed by atoms with Crippen LogP contribution in [0.1, 0.15) is 27.3 Å². The van der Waals surface area contributed by atoms with E-state index in [2.05, 4.69) is 9.97 Å². The Hall–Kier alpha value is -3.48. The van der Waals surface area contributed by atoms with Gasteiger partial charge in [-0.05, 0) is 62.7 Å². The molecule has 0 aliphatic carbocycles. The van der Waals surface area contributed by atoms with Crippen LogP contribution in [0.4, 0.5) is 21.6 Å². The van der Waals surface area contributed by atoms with Crippen LogP contribution in [0.25, 0.3) is 0 Å². The number of rotatable bonds is 2. The Morgan fingerprint density at radius 1 is 0.964 bits per heavy atom. The summed E-state index contributed by atoms with van der Waals surface area (Å²) in [4.78, 5) is 35.6. The summed E-state index contributed by atoms with van der Waals surface area (Å²) in [6.07, 6.45) is 0. The Bertz CT molecular complexity index is 1160. The highest BCUT2D eigenvalue weighted by atomic mass is 19.1. The third-order valence-electron chi connectivity index (χ3n) is 4.86. The number of anilines is 3. The first kappa shape index (κ1) is 17.9. The van der Waals surface area contributed by atoms with E-state index in [0.717, 1.165) is 16.9 Å². The Labute approximate surface area is 161 Å². The summed E-state index contributed by atoms with van der Waals surface area (Å²) in [7, 11) is 0. The number of pyridine rings is 2. The van der Waals surface area contributed by atoms with Crippen LogP contribution in [0.5, 0.6) is 0 Å². The van der Waals surface area contributed by atoms with E-state index in [0.29, 0.717) is 22.8 Å². The molecule has 142 valence electrons. The lowest BCUT2D eigenvalue weighted by Gasteiger charge is -2.38. The molecule has 1 amide bonds. The van der Waals surface area contributed by atoms with Crippen molar-refractivity contribution < 1.29 is 9.18 Å². The largest absolute Gasteiger partial charge is 0.324 e. The Morgan fingerprint density at radius 3 is 2.43 bits per heavy atom. The molecule has 1 aliphatic rings. The lowest BCUT2D eigenvalue weighted by molar-refractivity contribution is 0.0982. The van der Waals surface area contributed by atoms with Crippen molar-refractivity contribution in [2.75, 3.05) is 16.5 Å². The molecule has 28 heavy (non-hydrogen) atoms. The molecule has 1 N–H and O–H groups in total. The quantitative estimate of drug-likeness (QED) is 0.740. The van der Waals surface area contributed by atoms with Gasteiger partial charge in [-0.25, -0.2) is 9.37 Å². The molecule has 7 heteroatoms. The Kier molecular flexibility index (Phi) is 4.22. The molecule has 0 saturated heterocycles. The van der Waals surface area contributed by atoms with E-state index in [1.165, 1.54) is 18.2 Å². The molecule has 4 rings (SSSR count). The van der Waals surface area contributed by atoms with E-state index in [-0.39, 0.29) is 24.0 Å². The molecule has 0 fully saturated rings. The van der Waals surface area contributed by atoms with Crippen LogP contribution in [0.2, 0.25) is 0 Å². The second kappa shape index (κ2) is 6.60. The predicted molar refractivity (Wildman–Crippen MR) is 106 cm³/mol. The van der Waals surface area contributed by atoms with E-state index >= 15 is 0 Å². The summed E-state index contributed by atoms with van der Waals surface area (Å²) >= 11 is 0. The maximum absolute atomic E-state index is 13.6. The van der Waals surface area contributed by atoms with Crippen molar-refractivity contribution in [1.82, 2.24) is 9.97 Å². The molecule has 0 saturated carbocycles. The van der Waals surface area contributed by atoms with Gasteiger partial charge in [0.15, 0.2) is 0 Å². The first-order chi connectivity index (χ1) is 13.3. The third kappa shape index (κ3) is 2.94. The van der Waals surface area contributed by atoms with Gasteiger partial charge < -0.3 is 9.88 Å². The minimum atomic E-state index is -0.319. The van der Waals surface area contributed by atoms with Crippen LogP contribution >= 0.6 is 0 Å². The summed E-state index contributed by atoms with van der Waals surface area (Å²) in [5, 5.41) is 0. The number of aryl methyl sites for hydroxylation is 3. The average Bonchev–Trinajstić information content (AvgIpc) is 2.63. The number of halogens is 1. The second-order valence-electron chi connectivity index (χ2n) is 6.89. The van der Waals surface area contributed by atoms with Crippen molar-refractivity contribution in [1.29, 1.82) is 0 Å². The molecule has 1 aliphatic heterocycles. The SMILES string of the molecule is Cc1ccc2c(n1)N(c1ccc(F)cc1C)CN(c1ccc(=O)[nH]c1C)C2=O. The molecule has 0 radical (unpaired) electrons. The fourth-order valence-electron chi connectivity index (χ4n) is 3.49. The smallest absolute Gasteiger partial charge is 0.263 e. The van der Waals surface area contributed by atoms with Crippen molar-refractivity contribution in [3.05, 3.63) is 81.2 Å². The lowest BCUT2D eigenvalue weighted by atomic mass is 10.1. The van der Waals surface area contributed by atoms with Crippen LogP contribution < -0.4 is 15.4 Å². The first-order valence-electron chi connectivity index (χ1n) is 8.88. The second-order valence-corrected chi connectivity index (χ2v) is 6.89. The number of aromatic nitrogens is 2. The van der Waals surface area contributed by atoms with Gasteiger partial charge in [0.05, 0.1) is 11.3 Å². The van der Waals surface area contributed by atoms with E-state index in [9.17, 15) is 14.0 Å². The molecule has 0 bridgehead atoms. The van der Waals surface area contributed by atoms with Crippen molar-refractivity contribution in [2.45, 2.75) is 20.8 Å².